The second-order valence-electron chi connectivity index (χ2n) is 3.51. The lowest BCUT2D eigenvalue weighted by atomic mass is 10.3. The fourth-order valence-corrected chi connectivity index (χ4v) is 2.38. The zero-order valence-electron chi connectivity index (χ0n) is 8.97. The topological polar surface area (TPSA) is 59.0 Å². The molecule has 2 N–H and O–H groups in total. The van der Waals surface area contributed by atoms with Crippen LogP contribution in [0.2, 0.25) is 0 Å². The molecule has 1 aliphatic heterocycles. The van der Waals surface area contributed by atoms with E-state index >= 15 is 0 Å². The Balaban J connectivity index is 0.00000128. The summed E-state index contributed by atoms with van der Waals surface area (Å²) in [5.74, 6) is 1.80. The normalized spacial score (nSPS) is 19.2. The van der Waals surface area contributed by atoms with Gasteiger partial charge in [0.2, 0.25) is 5.91 Å². The predicted molar refractivity (Wildman–Crippen MR) is 66.6 cm³/mol. The van der Waals surface area contributed by atoms with Crippen molar-refractivity contribution in [3.63, 3.8) is 0 Å². The average Bonchev–Trinajstić information content (AvgIpc) is 2.84. The number of rotatable bonds is 3. The van der Waals surface area contributed by atoms with E-state index in [0.29, 0.717) is 6.54 Å². The molecule has 1 aliphatic rings. The van der Waals surface area contributed by atoms with Gasteiger partial charge in [-0.25, -0.2) is 0 Å². The van der Waals surface area contributed by atoms with E-state index in [1.807, 2.05) is 13.2 Å². The largest absolute Gasteiger partial charge is 0.351 e. The van der Waals surface area contributed by atoms with Crippen LogP contribution in [0, 0.1) is 0 Å². The second-order valence-corrected chi connectivity index (χ2v) is 4.54. The number of aromatic nitrogens is 2. The zero-order valence-corrected chi connectivity index (χ0v) is 10.6. The van der Waals surface area contributed by atoms with Gasteiger partial charge in [0, 0.05) is 37.0 Å². The van der Waals surface area contributed by atoms with Crippen LogP contribution in [0.25, 0.3) is 0 Å². The minimum Gasteiger partial charge on any atom is -0.351 e. The minimum atomic E-state index is -0.0355. The Labute approximate surface area is 105 Å². The maximum atomic E-state index is 11.6. The van der Waals surface area contributed by atoms with Crippen LogP contribution in [0.15, 0.2) is 12.4 Å². The number of thioether (sulfide) groups is 1. The van der Waals surface area contributed by atoms with Gasteiger partial charge in [-0.05, 0) is 0 Å². The van der Waals surface area contributed by atoms with Gasteiger partial charge in [-0.1, -0.05) is 0 Å². The van der Waals surface area contributed by atoms with Crippen molar-refractivity contribution in [2.75, 3.05) is 11.6 Å². The molecule has 0 spiro atoms. The van der Waals surface area contributed by atoms with Gasteiger partial charge in [-0.2, -0.15) is 5.10 Å². The lowest BCUT2D eigenvalue weighted by molar-refractivity contribution is -0.122. The van der Waals surface area contributed by atoms with Gasteiger partial charge in [0.05, 0.1) is 12.2 Å². The first kappa shape index (κ1) is 13.3. The molecule has 0 saturated carbocycles. The molecule has 5 nitrogen and oxygen atoms in total. The fraction of sp³-hybridized carbons (Fsp3) is 0.556. The van der Waals surface area contributed by atoms with Gasteiger partial charge in [-0.3, -0.25) is 14.8 Å². The number of hydrogen-bond acceptors (Lipinski definition) is 4. The molecule has 7 heteroatoms. The summed E-state index contributed by atoms with van der Waals surface area (Å²) in [4.78, 5) is 11.6. The molecule has 1 amide bonds. The molecule has 1 atom stereocenters. The molecular weight excluding hydrogens is 248 g/mol. The summed E-state index contributed by atoms with van der Waals surface area (Å²) in [6, 6.07) is -0.0355. The Kier molecular flexibility index (Phi) is 5.11. The first-order chi connectivity index (χ1) is 7.25. The van der Waals surface area contributed by atoms with Crippen LogP contribution >= 0.6 is 24.2 Å². The summed E-state index contributed by atoms with van der Waals surface area (Å²) in [5.41, 5.74) is 1.02. The van der Waals surface area contributed by atoms with Crippen molar-refractivity contribution in [3.8, 4) is 0 Å². The SMILES string of the molecule is Cl.Cn1cc(CNC(=O)C2CSCN2)cn1. The highest BCUT2D eigenvalue weighted by Crippen LogP contribution is 2.09. The van der Waals surface area contributed by atoms with Crippen molar-refractivity contribution in [1.29, 1.82) is 0 Å². The molecule has 1 fully saturated rings. The van der Waals surface area contributed by atoms with Crippen molar-refractivity contribution in [2.45, 2.75) is 12.6 Å². The lowest BCUT2D eigenvalue weighted by Crippen LogP contribution is -2.41. The number of amides is 1. The maximum Gasteiger partial charge on any atom is 0.238 e. The first-order valence-corrected chi connectivity index (χ1v) is 5.97. The van der Waals surface area contributed by atoms with Crippen LogP contribution in [-0.2, 0) is 18.4 Å². The molecule has 0 aliphatic carbocycles. The monoisotopic (exact) mass is 262 g/mol. The Hall–Kier alpha value is -0.720. The van der Waals surface area contributed by atoms with E-state index in [0.717, 1.165) is 17.2 Å². The summed E-state index contributed by atoms with van der Waals surface area (Å²) >= 11 is 1.75. The molecule has 1 unspecified atom stereocenters. The Morgan fingerprint density at radius 3 is 3.19 bits per heavy atom. The molecule has 1 saturated heterocycles. The lowest BCUT2D eigenvalue weighted by Gasteiger charge is -2.09. The van der Waals surface area contributed by atoms with E-state index in [-0.39, 0.29) is 24.4 Å². The standard InChI is InChI=1S/C9H14N4OS.ClH/c1-13-4-7(3-12-13)2-10-9(14)8-5-15-6-11-8;/h3-4,8,11H,2,5-6H2,1H3,(H,10,14);1H. The number of aryl methyl sites for hydroxylation is 1. The van der Waals surface area contributed by atoms with Gasteiger partial charge in [-0.15, -0.1) is 24.2 Å². The highest BCUT2D eigenvalue weighted by atomic mass is 35.5. The number of carbonyl (C=O) groups excluding carboxylic acids is 1. The van der Waals surface area contributed by atoms with E-state index in [2.05, 4.69) is 15.7 Å². The molecule has 0 radical (unpaired) electrons. The Morgan fingerprint density at radius 1 is 1.81 bits per heavy atom. The van der Waals surface area contributed by atoms with Gasteiger partial charge >= 0.3 is 0 Å². The predicted octanol–water partition coefficient (Wildman–Crippen LogP) is 0.121. The molecule has 2 heterocycles. The number of hydrogen-bond donors (Lipinski definition) is 2. The molecule has 2 rings (SSSR count). The van der Waals surface area contributed by atoms with Gasteiger partial charge in [0.15, 0.2) is 0 Å². The van der Waals surface area contributed by atoms with Crippen LogP contribution in [0.3, 0.4) is 0 Å². The summed E-state index contributed by atoms with van der Waals surface area (Å²) in [6.07, 6.45) is 3.66. The third kappa shape index (κ3) is 3.40. The molecular formula is C9H15ClN4OS. The smallest absolute Gasteiger partial charge is 0.238 e. The van der Waals surface area contributed by atoms with E-state index in [4.69, 9.17) is 0 Å². The molecule has 16 heavy (non-hydrogen) atoms. The van der Waals surface area contributed by atoms with Gasteiger partial charge < -0.3 is 5.32 Å². The van der Waals surface area contributed by atoms with Crippen LogP contribution in [0.5, 0.6) is 0 Å². The van der Waals surface area contributed by atoms with Crippen molar-refractivity contribution in [2.24, 2.45) is 7.05 Å². The summed E-state index contributed by atoms with van der Waals surface area (Å²) in [7, 11) is 1.86. The molecule has 90 valence electrons. The highest BCUT2D eigenvalue weighted by Gasteiger charge is 2.21. The molecule has 1 aromatic rings. The highest BCUT2D eigenvalue weighted by molar-refractivity contribution is 7.99. The van der Waals surface area contributed by atoms with E-state index < -0.39 is 0 Å². The minimum absolute atomic E-state index is 0. The number of carbonyl (C=O) groups is 1. The van der Waals surface area contributed by atoms with E-state index in [9.17, 15) is 4.79 Å². The van der Waals surface area contributed by atoms with Gasteiger partial charge in [0.25, 0.3) is 0 Å². The van der Waals surface area contributed by atoms with Crippen molar-refractivity contribution >= 4 is 30.1 Å². The quantitative estimate of drug-likeness (QED) is 0.813. The van der Waals surface area contributed by atoms with Crippen LogP contribution in [0.1, 0.15) is 5.56 Å². The summed E-state index contributed by atoms with van der Waals surface area (Å²) in [5, 5.41) is 10.1. The fourth-order valence-electron chi connectivity index (χ4n) is 1.44. The first-order valence-electron chi connectivity index (χ1n) is 4.82. The Bertz CT molecular complexity index is 351. The molecule has 0 aromatic carbocycles. The van der Waals surface area contributed by atoms with Crippen LogP contribution < -0.4 is 10.6 Å². The second kappa shape index (κ2) is 6.12. The molecule has 1 aromatic heterocycles. The third-order valence-electron chi connectivity index (χ3n) is 2.26. The number of nitrogens with one attached hydrogen (secondary N) is 2. The van der Waals surface area contributed by atoms with Crippen molar-refractivity contribution in [1.82, 2.24) is 20.4 Å². The Morgan fingerprint density at radius 2 is 2.62 bits per heavy atom. The molecule has 0 bridgehead atoms. The zero-order chi connectivity index (χ0) is 10.7. The number of nitrogens with zero attached hydrogens (tertiary/aromatic N) is 2. The van der Waals surface area contributed by atoms with Crippen LogP contribution in [-0.4, -0.2) is 33.4 Å². The summed E-state index contributed by atoms with van der Waals surface area (Å²) in [6.45, 7) is 0.551. The van der Waals surface area contributed by atoms with Crippen molar-refractivity contribution < 1.29 is 4.79 Å². The average molecular weight is 263 g/mol. The van der Waals surface area contributed by atoms with Crippen molar-refractivity contribution in [3.05, 3.63) is 18.0 Å². The number of halogens is 1. The van der Waals surface area contributed by atoms with Gasteiger partial charge in [0.1, 0.15) is 0 Å². The van der Waals surface area contributed by atoms with E-state index in [1.54, 1.807) is 22.6 Å². The summed E-state index contributed by atoms with van der Waals surface area (Å²) < 4.78 is 1.73. The maximum absolute atomic E-state index is 11.6. The van der Waals surface area contributed by atoms with E-state index in [1.165, 1.54) is 0 Å². The third-order valence-corrected chi connectivity index (χ3v) is 3.20. The van der Waals surface area contributed by atoms with Crippen LogP contribution in [0.4, 0.5) is 0 Å².